The molecule has 6 nitrogen and oxygen atoms in total. The number of nitrogens with two attached hydrogens (primary N) is 1. The first-order chi connectivity index (χ1) is 13.4. The first-order valence-electron chi connectivity index (χ1n) is 8.50. The number of aromatic nitrogens is 1. The second-order valence-electron chi connectivity index (χ2n) is 6.26. The number of benzene rings is 3. The zero-order valence-corrected chi connectivity index (χ0v) is 15.5. The van der Waals surface area contributed by atoms with Crippen LogP contribution in [0.25, 0.3) is 10.9 Å². The lowest BCUT2D eigenvalue weighted by molar-refractivity contribution is 0.457. The van der Waals surface area contributed by atoms with E-state index in [1.807, 2.05) is 54.6 Å². The van der Waals surface area contributed by atoms with E-state index in [1.54, 1.807) is 12.1 Å². The number of aromatic hydroxyl groups is 1. The lowest BCUT2D eigenvalue weighted by Crippen LogP contribution is -2.11. The first kappa shape index (κ1) is 18.0. The Hall–Kier alpha value is -3.42. The van der Waals surface area contributed by atoms with E-state index in [0.717, 1.165) is 16.5 Å². The van der Waals surface area contributed by atoms with E-state index >= 15 is 0 Å². The molecule has 0 saturated carbocycles. The van der Waals surface area contributed by atoms with E-state index in [4.69, 9.17) is 10.1 Å². The van der Waals surface area contributed by atoms with Gasteiger partial charge in [-0.05, 0) is 30.3 Å². The van der Waals surface area contributed by atoms with Crippen LogP contribution in [0.5, 0.6) is 5.88 Å². The number of rotatable bonds is 4. The zero-order valence-electron chi connectivity index (χ0n) is 14.7. The third-order valence-corrected chi connectivity index (χ3v) is 5.31. The standard InChI is InChI=1S/C21H17N3O3S/c22-28(26,27)16-12-10-15(11-13-16)23-20(14-6-2-1-3-7-14)19-17-8-4-5-9-18(17)24-21(19)25/h1-13,24-25H,(H2,22,26,27). The Morgan fingerprint density at radius 3 is 2.21 bits per heavy atom. The molecule has 7 heteroatoms. The van der Waals surface area contributed by atoms with Crippen molar-refractivity contribution in [1.29, 1.82) is 0 Å². The van der Waals surface area contributed by atoms with Crippen molar-refractivity contribution >= 4 is 32.3 Å². The lowest BCUT2D eigenvalue weighted by Gasteiger charge is -2.08. The summed E-state index contributed by atoms with van der Waals surface area (Å²) in [6.07, 6.45) is 0. The summed E-state index contributed by atoms with van der Waals surface area (Å²) in [5.41, 5.74) is 3.30. The summed E-state index contributed by atoms with van der Waals surface area (Å²) in [5.74, 6) is 0.0185. The summed E-state index contributed by atoms with van der Waals surface area (Å²) < 4.78 is 22.9. The molecule has 0 spiro atoms. The van der Waals surface area contributed by atoms with Crippen LogP contribution in [-0.4, -0.2) is 24.2 Å². The fourth-order valence-electron chi connectivity index (χ4n) is 3.07. The average Bonchev–Trinajstić information content (AvgIpc) is 3.02. The zero-order chi connectivity index (χ0) is 19.7. The maximum atomic E-state index is 11.5. The SMILES string of the molecule is NS(=O)(=O)c1ccc(N=C(c2ccccc2)c2c(O)[nH]c3ccccc23)cc1. The van der Waals surface area contributed by atoms with Crippen LogP contribution in [-0.2, 0) is 10.0 Å². The minimum atomic E-state index is -3.77. The van der Waals surface area contributed by atoms with Gasteiger partial charge in [0, 0.05) is 16.5 Å². The Morgan fingerprint density at radius 2 is 1.54 bits per heavy atom. The van der Waals surface area contributed by atoms with E-state index in [0.29, 0.717) is 17.0 Å². The van der Waals surface area contributed by atoms with E-state index in [2.05, 4.69) is 4.98 Å². The van der Waals surface area contributed by atoms with Gasteiger partial charge >= 0.3 is 0 Å². The molecule has 0 atom stereocenters. The fourth-order valence-corrected chi connectivity index (χ4v) is 3.58. The Morgan fingerprint density at radius 1 is 0.893 bits per heavy atom. The molecule has 140 valence electrons. The first-order valence-corrected chi connectivity index (χ1v) is 10.0. The molecule has 0 amide bonds. The molecule has 0 aliphatic rings. The van der Waals surface area contributed by atoms with Gasteiger partial charge in [-0.1, -0.05) is 48.5 Å². The number of nitrogens with one attached hydrogen (secondary N) is 1. The number of primary sulfonamides is 1. The van der Waals surface area contributed by atoms with Gasteiger partial charge in [-0.2, -0.15) is 0 Å². The number of aliphatic imine (C=N–C) groups is 1. The van der Waals surface area contributed by atoms with Crippen LogP contribution in [0.4, 0.5) is 5.69 Å². The number of sulfonamides is 1. The van der Waals surface area contributed by atoms with Crippen molar-refractivity contribution in [1.82, 2.24) is 4.98 Å². The molecule has 28 heavy (non-hydrogen) atoms. The highest BCUT2D eigenvalue weighted by atomic mass is 32.2. The summed E-state index contributed by atoms with van der Waals surface area (Å²) in [6, 6.07) is 23.0. The average molecular weight is 391 g/mol. The Kier molecular flexibility index (Phi) is 4.46. The number of H-pyrrole nitrogens is 1. The number of aromatic amines is 1. The highest BCUT2D eigenvalue weighted by molar-refractivity contribution is 7.89. The molecule has 1 heterocycles. The normalized spacial score (nSPS) is 12.4. The van der Waals surface area contributed by atoms with Gasteiger partial charge in [-0.3, -0.25) is 0 Å². The Labute approximate surface area is 162 Å². The van der Waals surface area contributed by atoms with Crippen LogP contribution in [0.3, 0.4) is 0 Å². The summed E-state index contributed by atoms with van der Waals surface area (Å²) >= 11 is 0. The van der Waals surface area contributed by atoms with Crippen LogP contribution in [0.2, 0.25) is 0 Å². The van der Waals surface area contributed by atoms with E-state index in [1.165, 1.54) is 12.1 Å². The maximum absolute atomic E-state index is 11.5. The molecule has 0 unspecified atom stereocenters. The summed E-state index contributed by atoms with van der Waals surface area (Å²) in [7, 11) is -3.77. The molecule has 0 saturated heterocycles. The van der Waals surface area contributed by atoms with Crippen LogP contribution in [0.15, 0.2) is 88.8 Å². The molecule has 3 aromatic carbocycles. The monoisotopic (exact) mass is 391 g/mol. The van der Waals surface area contributed by atoms with Gasteiger partial charge in [0.2, 0.25) is 10.0 Å². The third-order valence-electron chi connectivity index (χ3n) is 4.38. The predicted molar refractivity (Wildman–Crippen MR) is 110 cm³/mol. The molecule has 4 rings (SSSR count). The van der Waals surface area contributed by atoms with E-state index in [-0.39, 0.29) is 10.8 Å². The Bertz CT molecular complexity index is 1280. The molecule has 0 fully saturated rings. The Balaban J connectivity index is 1.92. The molecular weight excluding hydrogens is 374 g/mol. The van der Waals surface area contributed by atoms with Gasteiger partial charge in [0.15, 0.2) is 5.88 Å². The van der Waals surface area contributed by atoms with Crippen molar-refractivity contribution in [3.8, 4) is 5.88 Å². The molecular formula is C21H17N3O3S. The number of fused-ring (bicyclic) bond motifs is 1. The largest absolute Gasteiger partial charge is 0.494 e. The van der Waals surface area contributed by atoms with Crippen LogP contribution >= 0.6 is 0 Å². The third kappa shape index (κ3) is 3.40. The van der Waals surface area contributed by atoms with Crippen molar-refractivity contribution in [3.05, 3.63) is 90.0 Å². The van der Waals surface area contributed by atoms with Crippen LogP contribution in [0, 0.1) is 0 Å². The van der Waals surface area contributed by atoms with Gasteiger partial charge in [0.05, 0.1) is 21.9 Å². The lowest BCUT2D eigenvalue weighted by atomic mass is 10.0. The van der Waals surface area contributed by atoms with Crippen LogP contribution in [0.1, 0.15) is 11.1 Å². The second-order valence-corrected chi connectivity index (χ2v) is 7.82. The van der Waals surface area contributed by atoms with Crippen LogP contribution < -0.4 is 5.14 Å². The summed E-state index contributed by atoms with van der Waals surface area (Å²) in [4.78, 5) is 7.69. The smallest absolute Gasteiger partial charge is 0.238 e. The van der Waals surface area contributed by atoms with Gasteiger partial charge < -0.3 is 10.1 Å². The summed E-state index contributed by atoms with van der Waals surface area (Å²) in [6.45, 7) is 0. The fraction of sp³-hybridized carbons (Fsp3) is 0. The number of para-hydroxylation sites is 1. The van der Waals surface area contributed by atoms with Gasteiger partial charge in [0.25, 0.3) is 0 Å². The summed E-state index contributed by atoms with van der Waals surface area (Å²) in [5, 5.41) is 16.6. The molecule has 4 aromatic rings. The molecule has 1 aromatic heterocycles. The van der Waals surface area contributed by atoms with Crippen molar-refractivity contribution in [2.24, 2.45) is 10.1 Å². The van der Waals surface area contributed by atoms with Crippen molar-refractivity contribution in [2.75, 3.05) is 0 Å². The topological polar surface area (TPSA) is 109 Å². The highest BCUT2D eigenvalue weighted by Crippen LogP contribution is 2.31. The second kappa shape index (κ2) is 6.95. The number of hydrogen-bond acceptors (Lipinski definition) is 4. The maximum Gasteiger partial charge on any atom is 0.238 e. The van der Waals surface area contributed by atoms with Gasteiger partial charge in [0.1, 0.15) is 0 Å². The molecule has 0 aliphatic carbocycles. The predicted octanol–water partition coefficient (Wildman–Crippen LogP) is 3.69. The number of hydrogen-bond donors (Lipinski definition) is 3. The van der Waals surface area contributed by atoms with Crippen molar-refractivity contribution < 1.29 is 13.5 Å². The van der Waals surface area contributed by atoms with Crippen molar-refractivity contribution in [2.45, 2.75) is 4.90 Å². The highest BCUT2D eigenvalue weighted by Gasteiger charge is 2.18. The van der Waals surface area contributed by atoms with Crippen molar-refractivity contribution in [3.63, 3.8) is 0 Å². The minimum Gasteiger partial charge on any atom is -0.494 e. The molecule has 0 aliphatic heterocycles. The number of nitrogens with zero attached hydrogens (tertiary/aromatic N) is 1. The van der Waals surface area contributed by atoms with Gasteiger partial charge in [-0.25, -0.2) is 18.5 Å². The van der Waals surface area contributed by atoms with Gasteiger partial charge in [-0.15, -0.1) is 0 Å². The van der Waals surface area contributed by atoms with E-state index < -0.39 is 10.0 Å². The molecule has 4 N–H and O–H groups in total. The minimum absolute atomic E-state index is 0.0163. The van der Waals surface area contributed by atoms with E-state index in [9.17, 15) is 13.5 Å². The molecule has 0 bridgehead atoms. The quantitative estimate of drug-likeness (QED) is 0.462. The molecule has 0 radical (unpaired) electrons.